The molecule has 0 fully saturated rings. The SMILES string of the molecule is O=C[Se][Se]C=O. The van der Waals surface area contributed by atoms with E-state index in [0.717, 1.165) is 10.4 Å². The first-order valence-electron chi connectivity index (χ1n) is 1.11. The first kappa shape index (κ1) is 6.38. The van der Waals surface area contributed by atoms with E-state index in [-0.39, 0.29) is 26.3 Å². The van der Waals surface area contributed by atoms with Gasteiger partial charge in [-0.15, -0.1) is 0 Å². The number of carbonyl (C=O) groups is 2. The predicted octanol–water partition coefficient (Wildman–Crippen LogP) is -1.31. The summed E-state index contributed by atoms with van der Waals surface area (Å²) in [6, 6.07) is 0. The summed E-state index contributed by atoms with van der Waals surface area (Å²) < 4.78 is 0. The van der Waals surface area contributed by atoms with Gasteiger partial charge < -0.3 is 0 Å². The first-order valence-corrected chi connectivity index (χ1v) is 7.42. The summed E-state index contributed by atoms with van der Waals surface area (Å²) in [5.74, 6) is 0. The standard InChI is InChI=1S/C2H2O2Se2/c3-1-5-6-2-4/h1-2H. The van der Waals surface area contributed by atoms with Gasteiger partial charge in [0.1, 0.15) is 0 Å². The topological polar surface area (TPSA) is 34.1 Å². The molecule has 0 saturated carbocycles. The fourth-order valence-corrected chi connectivity index (χ4v) is 1.22. The van der Waals surface area contributed by atoms with Crippen LogP contribution in [0.2, 0.25) is 0 Å². The second-order valence-corrected chi connectivity index (χ2v) is 6.20. The minimum absolute atomic E-state index is 0.0191. The third kappa shape index (κ3) is 4.38. The Balaban J connectivity index is 2.66. The fourth-order valence-electron chi connectivity index (χ4n) is 0.0454. The van der Waals surface area contributed by atoms with Crippen LogP contribution in [0.4, 0.5) is 0 Å². The van der Waals surface area contributed by atoms with E-state index >= 15 is 0 Å². The van der Waals surface area contributed by atoms with E-state index in [1.54, 1.807) is 0 Å². The van der Waals surface area contributed by atoms with Crippen molar-refractivity contribution in [2.75, 3.05) is 0 Å². The Morgan fingerprint density at radius 3 is 1.50 bits per heavy atom. The number of rotatable bonds is 3. The summed E-state index contributed by atoms with van der Waals surface area (Å²) in [7, 11) is 0. The maximum atomic E-state index is 9.45. The van der Waals surface area contributed by atoms with E-state index in [4.69, 9.17) is 0 Å². The van der Waals surface area contributed by atoms with Gasteiger partial charge in [-0.2, -0.15) is 0 Å². The van der Waals surface area contributed by atoms with Crippen LogP contribution in [0.15, 0.2) is 0 Å². The maximum absolute atomic E-state index is 9.45. The molecule has 0 aliphatic heterocycles. The summed E-state index contributed by atoms with van der Waals surface area (Å²) in [6.07, 6.45) is 0. The molecule has 0 saturated heterocycles. The zero-order valence-electron chi connectivity index (χ0n) is 2.79. The number of carbonyl (C=O) groups excluding carboxylic acids is 2. The van der Waals surface area contributed by atoms with Crippen molar-refractivity contribution < 1.29 is 9.59 Å². The molecule has 0 aromatic carbocycles. The van der Waals surface area contributed by atoms with Gasteiger partial charge in [-0.3, -0.25) is 0 Å². The van der Waals surface area contributed by atoms with Crippen molar-refractivity contribution in [3.63, 3.8) is 0 Å². The summed E-state index contributed by atoms with van der Waals surface area (Å²) in [5.41, 5.74) is 0. The van der Waals surface area contributed by atoms with Crippen LogP contribution in [0.3, 0.4) is 0 Å². The van der Waals surface area contributed by atoms with Crippen molar-refractivity contribution in [3.05, 3.63) is 0 Å². The quantitative estimate of drug-likeness (QED) is 0.333. The van der Waals surface area contributed by atoms with Crippen LogP contribution in [0.1, 0.15) is 0 Å². The van der Waals surface area contributed by atoms with Crippen LogP contribution in [-0.4, -0.2) is 36.6 Å². The van der Waals surface area contributed by atoms with Crippen LogP contribution in [-0.2, 0) is 9.59 Å². The molecule has 2 nitrogen and oxygen atoms in total. The molecule has 0 aliphatic rings. The summed E-state index contributed by atoms with van der Waals surface area (Å²) in [4.78, 5) is 18.9. The van der Waals surface area contributed by atoms with E-state index < -0.39 is 0 Å². The summed E-state index contributed by atoms with van der Waals surface area (Å²) >= 11 is -0.0382. The van der Waals surface area contributed by atoms with E-state index in [1.807, 2.05) is 0 Å². The van der Waals surface area contributed by atoms with Gasteiger partial charge in [-0.1, -0.05) is 0 Å². The average Bonchev–Trinajstić information content (AvgIpc) is 1.61. The molecule has 0 aromatic rings. The van der Waals surface area contributed by atoms with Gasteiger partial charge in [0, 0.05) is 0 Å². The molecule has 0 radical (unpaired) electrons. The molecule has 0 rings (SSSR count). The Bertz CT molecular complexity index is 45.5. The van der Waals surface area contributed by atoms with Crippen molar-refractivity contribution in [1.29, 1.82) is 0 Å². The molecule has 0 N–H and O–H groups in total. The number of hydrogen-bond acceptors (Lipinski definition) is 2. The van der Waals surface area contributed by atoms with E-state index in [9.17, 15) is 9.59 Å². The van der Waals surface area contributed by atoms with Crippen LogP contribution < -0.4 is 0 Å². The molecule has 0 bridgehead atoms. The molecule has 4 heteroatoms. The molecule has 0 aliphatic carbocycles. The van der Waals surface area contributed by atoms with Crippen molar-refractivity contribution in [2.45, 2.75) is 0 Å². The van der Waals surface area contributed by atoms with Gasteiger partial charge in [0.05, 0.1) is 0 Å². The van der Waals surface area contributed by atoms with Crippen molar-refractivity contribution in [1.82, 2.24) is 0 Å². The van der Waals surface area contributed by atoms with Gasteiger partial charge in [0.25, 0.3) is 0 Å². The van der Waals surface area contributed by atoms with E-state index in [0.29, 0.717) is 0 Å². The molecular weight excluding hydrogens is 214 g/mol. The molecule has 34 valence electrons. The third-order valence-corrected chi connectivity index (χ3v) is 3.62. The van der Waals surface area contributed by atoms with Gasteiger partial charge >= 0.3 is 46.2 Å². The van der Waals surface area contributed by atoms with Gasteiger partial charge in [0.2, 0.25) is 0 Å². The molecule has 6 heavy (non-hydrogen) atoms. The van der Waals surface area contributed by atoms with E-state index in [2.05, 4.69) is 0 Å². The van der Waals surface area contributed by atoms with Crippen molar-refractivity contribution in [2.24, 2.45) is 0 Å². The number of hydrogen-bond donors (Lipinski definition) is 0. The van der Waals surface area contributed by atoms with Gasteiger partial charge in [-0.05, 0) is 0 Å². The van der Waals surface area contributed by atoms with Crippen LogP contribution in [0.25, 0.3) is 0 Å². The van der Waals surface area contributed by atoms with Crippen LogP contribution in [0, 0.1) is 0 Å². The molecule has 0 aromatic heterocycles. The third-order valence-electron chi connectivity index (χ3n) is 0.134. The second kappa shape index (κ2) is 5.38. The molecule has 0 spiro atoms. The Labute approximate surface area is 46.5 Å². The fraction of sp³-hybridized carbons (Fsp3) is 0. The van der Waals surface area contributed by atoms with Crippen molar-refractivity contribution >= 4 is 36.6 Å². The monoisotopic (exact) mass is 218 g/mol. The van der Waals surface area contributed by atoms with E-state index in [1.165, 1.54) is 0 Å². The Morgan fingerprint density at radius 2 is 1.33 bits per heavy atom. The van der Waals surface area contributed by atoms with Crippen LogP contribution >= 0.6 is 0 Å². The zero-order valence-corrected chi connectivity index (χ0v) is 6.21. The minimum atomic E-state index is -0.0191. The summed E-state index contributed by atoms with van der Waals surface area (Å²) in [5, 5.41) is 1.64. The molecule has 0 unspecified atom stereocenters. The van der Waals surface area contributed by atoms with Crippen molar-refractivity contribution in [3.8, 4) is 0 Å². The first-order chi connectivity index (χ1) is 2.91. The Hall–Kier alpha value is 0.379. The Morgan fingerprint density at radius 1 is 1.00 bits per heavy atom. The molecule has 0 heterocycles. The molecule has 0 atom stereocenters. The average molecular weight is 216 g/mol. The van der Waals surface area contributed by atoms with Crippen LogP contribution in [0.5, 0.6) is 0 Å². The van der Waals surface area contributed by atoms with Gasteiger partial charge in [-0.25, -0.2) is 0 Å². The molecule has 0 amide bonds. The predicted molar refractivity (Wildman–Crippen MR) is 25.0 cm³/mol. The second-order valence-electron chi connectivity index (χ2n) is 0.385. The Kier molecular flexibility index (Phi) is 5.72. The normalized spacial score (nSPS) is 7.33. The molecular formula is C2H2O2Se2. The summed E-state index contributed by atoms with van der Waals surface area (Å²) in [6.45, 7) is 0. The zero-order chi connectivity index (χ0) is 4.83. The van der Waals surface area contributed by atoms with Gasteiger partial charge in [0.15, 0.2) is 0 Å².